The number of primary sulfonamides is 1. The topological polar surface area (TPSA) is 145 Å². The fraction of sp³-hybridized carbons (Fsp3) is 0.278. The van der Waals surface area contributed by atoms with Gasteiger partial charge < -0.3 is 10.1 Å². The number of sulfonamides is 2. The summed E-state index contributed by atoms with van der Waals surface area (Å²) in [5.74, 6) is -1.58. The molecule has 1 saturated heterocycles. The minimum Gasteiger partial charge on any atom is -0.377 e. The highest BCUT2D eigenvalue weighted by atomic mass is 32.2. The molecule has 0 aromatic heterocycles. The van der Waals surface area contributed by atoms with E-state index in [1.54, 1.807) is 0 Å². The molecule has 4 N–H and O–H groups in total. The molecule has 1 aliphatic heterocycles. The molecule has 2 aromatic rings. The van der Waals surface area contributed by atoms with Crippen LogP contribution in [0.5, 0.6) is 0 Å². The summed E-state index contributed by atoms with van der Waals surface area (Å²) >= 11 is 0. The van der Waals surface area contributed by atoms with Crippen LogP contribution in [0.4, 0.5) is 10.1 Å². The van der Waals surface area contributed by atoms with Gasteiger partial charge in [-0.15, -0.1) is 0 Å². The molecule has 30 heavy (non-hydrogen) atoms. The van der Waals surface area contributed by atoms with Gasteiger partial charge >= 0.3 is 0 Å². The van der Waals surface area contributed by atoms with Crippen molar-refractivity contribution in [1.29, 1.82) is 0 Å². The number of hydrogen-bond donors (Lipinski definition) is 3. The molecule has 1 aliphatic rings. The second kappa shape index (κ2) is 8.78. The van der Waals surface area contributed by atoms with Crippen molar-refractivity contribution in [2.75, 3.05) is 18.5 Å². The summed E-state index contributed by atoms with van der Waals surface area (Å²) in [6.07, 6.45) is 1.52. The van der Waals surface area contributed by atoms with Crippen molar-refractivity contribution in [3.63, 3.8) is 0 Å². The normalized spacial score (nSPS) is 17.1. The minimum atomic E-state index is -4.16. The van der Waals surface area contributed by atoms with Gasteiger partial charge in [0.1, 0.15) is 5.82 Å². The monoisotopic (exact) mass is 457 g/mol. The molecule has 1 atom stereocenters. The standard InChI is InChI=1S/C18H20FN3O6S2/c19-13-8-14(10-17(9-13)29(20,24)25)22-18(23)12-3-5-16(6-4-12)30(26,27)21-11-15-2-1-7-28-15/h3-6,8-10,15,21H,1-2,7,11H2,(H,22,23)(H2,20,24,25)/t15-/m0/s1. The molecule has 0 unspecified atom stereocenters. The van der Waals surface area contributed by atoms with E-state index >= 15 is 0 Å². The fourth-order valence-corrected chi connectivity index (χ4v) is 4.51. The van der Waals surface area contributed by atoms with Crippen LogP contribution in [0.15, 0.2) is 52.3 Å². The highest BCUT2D eigenvalue weighted by Crippen LogP contribution is 2.19. The Bertz CT molecular complexity index is 1140. The van der Waals surface area contributed by atoms with Crippen molar-refractivity contribution in [2.45, 2.75) is 28.7 Å². The summed E-state index contributed by atoms with van der Waals surface area (Å²) in [4.78, 5) is 11.8. The molecule has 12 heteroatoms. The van der Waals surface area contributed by atoms with Crippen LogP contribution >= 0.6 is 0 Å². The summed E-state index contributed by atoms with van der Waals surface area (Å²) in [5, 5.41) is 7.33. The van der Waals surface area contributed by atoms with Crippen LogP contribution < -0.4 is 15.2 Å². The molecule has 0 radical (unpaired) electrons. The van der Waals surface area contributed by atoms with Gasteiger partial charge in [0.2, 0.25) is 20.0 Å². The fourth-order valence-electron chi connectivity index (χ4n) is 2.88. The first-order chi connectivity index (χ1) is 14.0. The molecule has 0 aliphatic carbocycles. The van der Waals surface area contributed by atoms with Crippen molar-refractivity contribution < 1.29 is 30.8 Å². The number of amides is 1. The van der Waals surface area contributed by atoms with Crippen LogP contribution in [0.2, 0.25) is 0 Å². The van der Waals surface area contributed by atoms with Crippen molar-refractivity contribution in [3.8, 4) is 0 Å². The third-order valence-corrected chi connectivity index (χ3v) is 6.74. The van der Waals surface area contributed by atoms with Crippen LogP contribution in [0.25, 0.3) is 0 Å². The average Bonchev–Trinajstić information content (AvgIpc) is 3.19. The average molecular weight is 458 g/mol. The molecule has 3 rings (SSSR count). The van der Waals surface area contributed by atoms with E-state index in [0.717, 1.165) is 31.0 Å². The summed E-state index contributed by atoms with van der Waals surface area (Å²) in [6, 6.07) is 7.77. The van der Waals surface area contributed by atoms with Crippen molar-refractivity contribution in [2.24, 2.45) is 5.14 Å². The maximum atomic E-state index is 13.6. The smallest absolute Gasteiger partial charge is 0.255 e. The number of nitrogens with one attached hydrogen (secondary N) is 2. The summed E-state index contributed by atoms with van der Waals surface area (Å²) in [7, 11) is -7.92. The van der Waals surface area contributed by atoms with Crippen molar-refractivity contribution in [3.05, 3.63) is 53.8 Å². The Balaban J connectivity index is 1.70. The minimum absolute atomic E-state index is 0.0284. The maximum Gasteiger partial charge on any atom is 0.255 e. The highest BCUT2D eigenvalue weighted by Gasteiger charge is 2.20. The third kappa shape index (κ3) is 5.61. The Kier molecular flexibility index (Phi) is 6.53. The molecule has 162 valence electrons. The lowest BCUT2D eigenvalue weighted by atomic mass is 10.2. The van der Waals surface area contributed by atoms with Gasteiger partial charge in [-0.1, -0.05) is 0 Å². The molecule has 0 saturated carbocycles. The number of ether oxygens (including phenoxy) is 1. The number of nitrogens with two attached hydrogens (primary N) is 1. The summed E-state index contributed by atoms with van der Waals surface area (Å²) < 4.78 is 69.0. The zero-order valence-electron chi connectivity index (χ0n) is 15.7. The second-order valence-electron chi connectivity index (χ2n) is 6.69. The molecule has 9 nitrogen and oxygen atoms in total. The maximum absolute atomic E-state index is 13.6. The van der Waals surface area contributed by atoms with Crippen LogP contribution in [0, 0.1) is 5.82 Å². The van der Waals surface area contributed by atoms with Gasteiger partial charge in [0.25, 0.3) is 5.91 Å². The highest BCUT2D eigenvalue weighted by molar-refractivity contribution is 7.89. The predicted octanol–water partition coefficient (Wildman–Crippen LogP) is 1.18. The third-order valence-electron chi connectivity index (χ3n) is 4.41. The van der Waals surface area contributed by atoms with Gasteiger partial charge in [-0.3, -0.25) is 4.79 Å². The van der Waals surface area contributed by atoms with E-state index in [2.05, 4.69) is 10.0 Å². The zero-order chi connectivity index (χ0) is 21.9. The number of halogens is 1. The number of hydrogen-bond acceptors (Lipinski definition) is 6. The second-order valence-corrected chi connectivity index (χ2v) is 10.0. The lowest BCUT2D eigenvalue weighted by molar-refractivity contribution is 0.102. The van der Waals surface area contributed by atoms with Gasteiger partial charge in [0.15, 0.2) is 0 Å². The number of benzene rings is 2. The summed E-state index contributed by atoms with van der Waals surface area (Å²) in [6.45, 7) is 0.775. The van der Waals surface area contributed by atoms with Gasteiger partial charge in [0.05, 0.1) is 15.9 Å². The lowest BCUT2D eigenvalue weighted by Gasteiger charge is -2.12. The van der Waals surface area contributed by atoms with Gasteiger partial charge in [-0.25, -0.2) is 31.1 Å². The molecule has 1 fully saturated rings. The van der Waals surface area contributed by atoms with Crippen LogP contribution in [-0.2, 0) is 24.8 Å². The van der Waals surface area contributed by atoms with Gasteiger partial charge in [-0.2, -0.15) is 0 Å². The van der Waals surface area contributed by atoms with Crippen molar-refractivity contribution in [1.82, 2.24) is 4.72 Å². The van der Waals surface area contributed by atoms with Crippen LogP contribution in [-0.4, -0.2) is 42.0 Å². The molecule has 0 bridgehead atoms. The number of carbonyl (C=O) groups excluding carboxylic acids is 1. The first-order valence-corrected chi connectivity index (χ1v) is 11.9. The van der Waals surface area contributed by atoms with E-state index in [4.69, 9.17) is 9.88 Å². The SMILES string of the molecule is NS(=O)(=O)c1cc(F)cc(NC(=O)c2ccc(S(=O)(=O)NC[C@@H]3CCCO3)cc2)c1. The van der Waals surface area contributed by atoms with E-state index in [-0.39, 0.29) is 28.8 Å². The van der Waals surface area contributed by atoms with Gasteiger partial charge in [-0.05, 0) is 55.3 Å². The van der Waals surface area contributed by atoms with E-state index in [0.29, 0.717) is 6.61 Å². The molecule has 1 heterocycles. The van der Waals surface area contributed by atoms with E-state index in [1.165, 1.54) is 24.3 Å². The van der Waals surface area contributed by atoms with Crippen LogP contribution in [0.3, 0.4) is 0 Å². The van der Waals surface area contributed by atoms with E-state index in [1.807, 2.05) is 0 Å². The molecule has 0 spiro atoms. The van der Waals surface area contributed by atoms with E-state index in [9.17, 15) is 26.0 Å². The first kappa shape index (κ1) is 22.3. The quantitative estimate of drug-likeness (QED) is 0.569. The Morgan fingerprint density at radius 2 is 1.80 bits per heavy atom. The molecule has 2 aromatic carbocycles. The zero-order valence-corrected chi connectivity index (χ0v) is 17.3. The molecule has 1 amide bonds. The number of rotatable bonds is 7. The predicted molar refractivity (Wildman–Crippen MR) is 106 cm³/mol. The first-order valence-electron chi connectivity index (χ1n) is 8.91. The van der Waals surface area contributed by atoms with Crippen LogP contribution in [0.1, 0.15) is 23.2 Å². The Morgan fingerprint density at radius 3 is 2.40 bits per heavy atom. The summed E-state index contributed by atoms with van der Waals surface area (Å²) in [5.41, 5.74) is -0.0200. The lowest BCUT2D eigenvalue weighted by Crippen LogP contribution is -2.31. The number of anilines is 1. The van der Waals surface area contributed by atoms with E-state index < -0.39 is 36.7 Å². The van der Waals surface area contributed by atoms with Gasteiger partial charge in [0, 0.05) is 24.4 Å². The molecular weight excluding hydrogens is 437 g/mol. The Morgan fingerprint density at radius 1 is 1.10 bits per heavy atom. The van der Waals surface area contributed by atoms with Crippen molar-refractivity contribution >= 4 is 31.6 Å². The number of carbonyl (C=O) groups is 1. The molecular formula is C18H20FN3O6S2. The Labute approximate surface area is 173 Å². The largest absolute Gasteiger partial charge is 0.377 e. The Hall–Kier alpha value is -2.38.